The maximum Gasteiger partial charge on any atom is 0.0962 e. The molecule has 0 aliphatic carbocycles. The molecule has 0 fully saturated rings. The molecule has 0 aromatic carbocycles. The first-order valence-corrected chi connectivity index (χ1v) is 5.93. The second kappa shape index (κ2) is 4.91. The van der Waals surface area contributed by atoms with Crippen LogP contribution in [0.5, 0.6) is 0 Å². The molecule has 1 atom stereocenters. The summed E-state index contributed by atoms with van der Waals surface area (Å²) in [5.41, 5.74) is 6.81. The predicted octanol–water partition coefficient (Wildman–Crippen LogP) is 2.95. The van der Waals surface area contributed by atoms with Gasteiger partial charge in [0.25, 0.3) is 0 Å². The van der Waals surface area contributed by atoms with Gasteiger partial charge in [-0.2, -0.15) is 11.3 Å². The van der Waals surface area contributed by atoms with E-state index in [1.807, 2.05) is 0 Å². The Hall–Kier alpha value is -0.380. The van der Waals surface area contributed by atoms with E-state index in [9.17, 15) is 0 Å². The third-order valence-corrected chi connectivity index (χ3v) is 3.14. The lowest BCUT2D eigenvalue weighted by molar-refractivity contribution is -0.0711. The van der Waals surface area contributed by atoms with E-state index < -0.39 is 0 Å². The van der Waals surface area contributed by atoms with Crippen molar-refractivity contribution in [3.63, 3.8) is 0 Å². The Labute approximate surface area is 90.1 Å². The van der Waals surface area contributed by atoms with E-state index in [2.05, 4.69) is 37.6 Å². The molecule has 3 heteroatoms. The van der Waals surface area contributed by atoms with Gasteiger partial charge in [0.2, 0.25) is 0 Å². The quantitative estimate of drug-likeness (QED) is 0.816. The zero-order valence-corrected chi connectivity index (χ0v) is 9.93. The molecule has 2 nitrogen and oxygen atoms in total. The largest absolute Gasteiger partial charge is 0.366 e. The normalized spacial score (nSPS) is 14.3. The Kier molecular flexibility index (Phi) is 4.11. The SMILES string of the molecule is CCC(C)(C)OC(CN)c1ccsc1. The van der Waals surface area contributed by atoms with Crippen molar-refractivity contribution < 1.29 is 4.74 Å². The number of nitrogens with two attached hydrogens (primary N) is 1. The highest BCUT2D eigenvalue weighted by molar-refractivity contribution is 7.07. The lowest BCUT2D eigenvalue weighted by atomic mass is 10.1. The van der Waals surface area contributed by atoms with Crippen molar-refractivity contribution >= 4 is 11.3 Å². The Morgan fingerprint density at radius 3 is 2.71 bits per heavy atom. The van der Waals surface area contributed by atoms with Gasteiger partial charge in [-0.1, -0.05) is 6.92 Å². The smallest absolute Gasteiger partial charge is 0.0962 e. The molecule has 0 aliphatic heterocycles. The molecule has 2 N–H and O–H groups in total. The average molecular weight is 213 g/mol. The number of thiophene rings is 1. The Balaban J connectivity index is 2.65. The summed E-state index contributed by atoms with van der Waals surface area (Å²) in [6, 6.07) is 2.08. The van der Waals surface area contributed by atoms with Gasteiger partial charge >= 0.3 is 0 Å². The molecule has 80 valence electrons. The third-order valence-electron chi connectivity index (χ3n) is 2.44. The maximum atomic E-state index is 5.96. The Morgan fingerprint density at radius 2 is 2.29 bits per heavy atom. The van der Waals surface area contributed by atoms with Crippen molar-refractivity contribution in [2.24, 2.45) is 5.73 Å². The second-order valence-electron chi connectivity index (χ2n) is 4.01. The fourth-order valence-corrected chi connectivity index (χ4v) is 1.88. The molecule has 0 spiro atoms. The minimum atomic E-state index is -0.0913. The number of hydrogen-bond acceptors (Lipinski definition) is 3. The minimum Gasteiger partial charge on any atom is -0.366 e. The summed E-state index contributed by atoms with van der Waals surface area (Å²) in [5.74, 6) is 0. The fourth-order valence-electron chi connectivity index (χ4n) is 1.18. The van der Waals surface area contributed by atoms with Crippen LogP contribution in [0, 0.1) is 0 Å². The molecule has 0 saturated heterocycles. The molecule has 0 bridgehead atoms. The van der Waals surface area contributed by atoms with Gasteiger partial charge < -0.3 is 10.5 Å². The molecule has 0 saturated carbocycles. The first-order chi connectivity index (χ1) is 6.59. The van der Waals surface area contributed by atoms with E-state index in [1.54, 1.807) is 11.3 Å². The van der Waals surface area contributed by atoms with Crippen LogP contribution in [0.3, 0.4) is 0 Å². The monoisotopic (exact) mass is 213 g/mol. The highest BCUT2D eigenvalue weighted by atomic mass is 32.1. The van der Waals surface area contributed by atoms with Gasteiger partial charge in [0, 0.05) is 6.54 Å². The highest BCUT2D eigenvalue weighted by Crippen LogP contribution is 2.26. The zero-order valence-electron chi connectivity index (χ0n) is 9.12. The van der Waals surface area contributed by atoms with E-state index >= 15 is 0 Å². The zero-order chi connectivity index (χ0) is 10.6. The van der Waals surface area contributed by atoms with Crippen molar-refractivity contribution in [1.29, 1.82) is 0 Å². The number of hydrogen-bond donors (Lipinski definition) is 1. The molecule has 1 aromatic rings. The van der Waals surface area contributed by atoms with Gasteiger partial charge in [0.05, 0.1) is 11.7 Å². The van der Waals surface area contributed by atoms with E-state index in [0.717, 1.165) is 6.42 Å². The van der Waals surface area contributed by atoms with E-state index in [1.165, 1.54) is 5.56 Å². The lowest BCUT2D eigenvalue weighted by Crippen LogP contribution is -2.29. The second-order valence-corrected chi connectivity index (χ2v) is 4.79. The summed E-state index contributed by atoms with van der Waals surface area (Å²) in [6.45, 7) is 6.87. The minimum absolute atomic E-state index is 0.0381. The van der Waals surface area contributed by atoms with E-state index in [0.29, 0.717) is 6.54 Å². The summed E-state index contributed by atoms with van der Waals surface area (Å²) in [5, 5.41) is 4.16. The van der Waals surface area contributed by atoms with Crippen LogP contribution in [0.25, 0.3) is 0 Å². The van der Waals surface area contributed by atoms with Crippen LogP contribution >= 0.6 is 11.3 Å². The number of rotatable bonds is 5. The van der Waals surface area contributed by atoms with Crippen LogP contribution in [0.4, 0.5) is 0 Å². The molecular weight excluding hydrogens is 194 g/mol. The first-order valence-electron chi connectivity index (χ1n) is 4.99. The van der Waals surface area contributed by atoms with Crippen LogP contribution in [0.1, 0.15) is 38.9 Å². The van der Waals surface area contributed by atoms with Gasteiger partial charge in [-0.25, -0.2) is 0 Å². The summed E-state index contributed by atoms with van der Waals surface area (Å²) < 4.78 is 5.96. The highest BCUT2D eigenvalue weighted by Gasteiger charge is 2.22. The van der Waals surface area contributed by atoms with Crippen LogP contribution in [-0.4, -0.2) is 12.1 Å². The molecule has 1 rings (SSSR count). The molecule has 1 aromatic heterocycles. The van der Waals surface area contributed by atoms with Gasteiger partial charge in [0.1, 0.15) is 0 Å². The molecule has 1 heterocycles. The topological polar surface area (TPSA) is 35.2 Å². The van der Waals surface area contributed by atoms with Crippen LogP contribution < -0.4 is 5.73 Å². The molecular formula is C11H19NOS. The van der Waals surface area contributed by atoms with Crippen molar-refractivity contribution in [2.75, 3.05) is 6.54 Å². The maximum absolute atomic E-state index is 5.96. The van der Waals surface area contributed by atoms with Gasteiger partial charge in [-0.15, -0.1) is 0 Å². The number of ether oxygens (including phenoxy) is 1. The molecule has 0 amide bonds. The Morgan fingerprint density at radius 1 is 1.57 bits per heavy atom. The predicted molar refractivity (Wildman–Crippen MR) is 61.6 cm³/mol. The molecule has 14 heavy (non-hydrogen) atoms. The van der Waals surface area contributed by atoms with Crippen molar-refractivity contribution in [3.05, 3.63) is 22.4 Å². The molecule has 0 aliphatic rings. The summed E-state index contributed by atoms with van der Waals surface area (Å²) >= 11 is 1.68. The summed E-state index contributed by atoms with van der Waals surface area (Å²) in [4.78, 5) is 0. The van der Waals surface area contributed by atoms with Crippen molar-refractivity contribution in [2.45, 2.75) is 38.9 Å². The summed E-state index contributed by atoms with van der Waals surface area (Å²) in [7, 11) is 0. The van der Waals surface area contributed by atoms with Crippen LogP contribution in [0.2, 0.25) is 0 Å². The molecule has 1 unspecified atom stereocenters. The fraction of sp³-hybridized carbons (Fsp3) is 0.636. The van der Waals surface area contributed by atoms with Gasteiger partial charge in [0.15, 0.2) is 0 Å². The average Bonchev–Trinajstić information content (AvgIpc) is 2.67. The van der Waals surface area contributed by atoms with E-state index in [-0.39, 0.29) is 11.7 Å². The molecule has 0 radical (unpaired) electrons. The van der Waals surface area contributed by atoms with Crippen LogP contribution in [0.15, 0.2) is 16.8 Å². The van der Waals surface area contributed by atoms with Crippen molar-refractivity contribution in [1.82, 2.24) is 0 Å². The Bertz CT molecular complexity index is 256. The van der Waals surface area contributed by atoms with Gasteiger partial charge in [-0.05, 0) is 42.7 Å². The van der Waals surface area contributed by atoms with E-state index in [4.69, 9.17) is 10.5 Å². The standard InChI is InChI=1S/C11H19NOS/c1-4-11(2,3)13-10(7-12)9-5-6-14-8-9/h5-6,8,10H,4,7,12H2,1-3H3. The van der Waals surface area contributed by atoms with Crippen molar-refractivity contribution in [3.8, 4) is 0 Å². The van der Waals surface area contributed by atoms with Crippen LogP contribution in [-0.2, 0) is 4.74 Å². The third kappa shape index (κ3) is 3.08. The van der Waals surface area contributed by atoms with Gasteiger partial charge in [-0.3, -0.25) is 0 Å². The summed E-state index contributed by atoms with van der Waals surface area (Å²) in [6.07, 6.45) is 1.03. The lowest BCUT2D eigenvalue weighted by Gasteiger charge is -2.29. The first kappa shape index (κ1) is 11.7.